The van der Waals surface area contributed by atoms with Gasteiger partial charge in [0, 0.05) is 31.1 Å². The zero-order valence-electron chi connectivity index (χ0n) is 12.1. The molecule has 0 fully saturated rings. The van der Waals surface area contributed by atoms with E-state index in [1.807, 2.05) is 25.2 Å². The Morgan fingerprint density at radius 1 is 1.23 bits per heavy atom. The van der Waals surface area contributed by atoms with Gasteiger partial charge in [-0.05, 0) is 35.9 Å². The molecular weight excluding hydrogens is 304 g/mol. The van der Waals surface area contributed by atoms with Crippen LogP contribution in [0.2, 0.25) is 0 Å². The first-order chi connectivity index (χ1) is 10.0. The molecule has 0 aliphatic carbocycles. The van der Waals surface area contributed by atoms with Gasteiger partial charge in [-0.1, -0.05) is 18.2 Å². The molecule has 1 atom stereocenters. The molecule has 0 saturated carbocycles. The second kappa shape index (κ2) is 6.34. The summed E-state index contributed by atoms with van der Waals surface area (Å²) in [6.07, 6.45) is 0. The number of nitro groups is 1. The van der Waals surface area contributed by atoms with E-state index in [0.29, 0.717) is 0 Å². The summed E-state index contributed by atoms with van der Waals surface area (Å²) in [4.78, 5) is 12.5. The molecule has 1 aliphatic heterocycles. The highest BCUT2D eigenvalue weighted by molar-refractivity contribution is 5.85. The van der Waals surface area contributed by atoms with Crippen LogP contribution in [0.3, 0.4) is 0 Å². The quantitative estimate of drug-likeness (QED) is 0.681. The Bertz CT molecular complexity index is 688. The van der Waals surface area contributed by atoms with Gasteiger partial charge in [0.2, 0.25) is 0 Å². The standard InChI is InChI=1S/C16H16N2O3.ClH/c1-17-9-12-8-14(19)6-7-15(12)16(10-17)11-2-4-13(5-3-11)18(20)21;/h2-8,16,19H,9-10H2,1H3;1H. The van der Waals surface area contributed by atoms with Gasteiger partial charge in [-0.3, -0.25) is 10.1 Å². The molecule has 0 aromatic heterocycles. The van der Waals surface area contributed by atoms with Gasteiger partial charge < -0.3 is 10.0 Å². The lowest BCUT2D eigenvalue weighted by Gasteiger charge is -2.32. The minimum absolute atomic E-state index is 0. The van der Waals surface area contributed by atoms with Crippen LogP contribution in [0, 0.1) is 10.1 Å². The van der Waals surface area contributed by atoms with Crippen molar-refractivity contribution in [3.63, 3.8) is 0 Å². The van der Waals surface area contributed by atoms with Crippen LogP contribution in [0.15, 0.2) is 42.5 Å². The highest BCUT2D eigenvalue weighted by Gasteiger charge is 2.25. The first-order valence-electron chi connectivity index (χ1n) is 6.79. The third-order valence-corrected chi connectivity index (χ3v) is 3.94. The van der Waals surface area contributed by atoms with E-state index in [1.54, 1.807) is 24.3 Å². The molecule has 1 unspecified atom stereocenters. The molecule has 0 bridgehead atoms. The van der Waals surface area contributed by atoms with Gasteiger partial charge in [0.1, 0.15) is 5.75 Å². The third-order valence-electron chi connectivity index (χ3n) is 3.94. The monoisotopic (exact) mass is 320 g/mol. The molecule has 1 aliphatic rings. The summed E-state index contributed by atoms with van der Waals surface area (Å²) in [7, 11) is 2.03. The first-order valence-corrected chi connectivity index (χ1v) is 6.79. The summed E-state index contributed by atoms with van der Waals surface area (Å²) in [6.45, 7) is 1.66. The van der Waals surface area contributed by atoms with Crippen molar-refractivity contribution in [2.24, 2.45) is 0 Å². The topological polar surface area (TPSA) is 66.6 Å². The summed E-state index contributed by atoms with van der Waals surface area (Å²) in [5, 5.41) is 20.4. The number of nitrogens with zero attached hydrogens (tertiary/aromatic N) is 2. The van der Waals surface area contributed by atoms with Gasteiger partial charge in [0.15, 0.2) is 0 Å². The van der Waals surface area contributed by atoms with E-state index >= 15 is 0 Å². The van der Waals surface area contributed by atoms with Gasteiger partial charge in [0.25, 0.3) is 5.69 Å². The fourth-order valence-electron chi connectivity index (χ4n) is 2.95. The van der Waals surface area contributed by atoms with Crippen LogP contribution in [-0.2, 0) is 6.54 Å². The van der Waals surface area contributed by atoms with E-state index in [1.165, 1.54) is 5.56 Å². The van der Waals surface area contributed by atoms with E-state index in [-0.39, 0.29) is 34.7 Å². The molecule has 0 radical (unpaired) electrons. The summed E-state index contributed by atoms with van der Waals surface area (Å²) in [5.74, 6) is 0.437. The van der Waals surface area contributed by atoms with Crippen molar-refractivity contribution in [3.05, 3.63) is 69.3 Å². The molecule has 1 heterocycles. The molecule has 5 nitrogen and oxygen atoms in total. The summed E-state index contributed by atoms with van der Waals surface area (Å²) in [6, 6.07) is 12.2. The number of hydrogen-bond acceptors (Lipinski definition) is 4. The lowest BCUT2D eigenvalue weighted by Crippen LogP contribution is -2.30. The molecule has 1 N–H and O–H groups in total. The summed E-state index contributed by atoms with van der Waals surface area (Å²) in [5.41, 5.74) is 3.44. The minimum atomic E-state index is -0.386. The predicted molar refractivity (Wildman–Crippen MR) is 86.6 cm³/mol. The van der Waals surface area contributed by atoms with Crippen molar-refractivity contribution in [1.82, 2.24) is 4.90 Å². The normalized spacial score (nSPS) is 17.4. The fraction of sp³-hybridized carbons (Fsp3) is 0.250. The van der Waals surface area contributed by atoms with Crippen LogP contribution < -0.4 is 0 Å². The Kier molecular flexibility index (Phi) is 4.68. The second-order valence-corrected chi connectivity index (χ2v) is 5.48. The average molecular weight is 321 g/mol. The van der Waals surface area contributed by atoms with Crippen molar-refractivity contribution in [1.29, 1.82) is 0 Å². The number of nitro benzene ring substituents is 1. The maximum Gasteiger partial charge on any atom is 0.269 e. The fourth-order valence-corrected chi connectivity index (χ4v) is 2.95. The van der Waals surface area contributed by atoms with Crippen LogP contribution in [0.1, 0.15) is 22.6 Å². The maximum atomic E-state index is 10.7. The first kappa shape index (κ1) is 16.3. The van der Waals surface area contributed by atoms with Gasteiger partial charge >= 0.3 is 0 Å². The Hall–Kier alpha value is -2.11. The Morgan fingerprint density at radius 2 is 1.91 bits per heavy atom. The number of likely N-dealkylation sites (N-methyl/N-ethyl adjacent to an activating group) is 1. The van der Waals surface area contributed by atoms with Crippen LogP contribution in [0.4, 0.5) is 5.69 Å². The Labute approximate surface area is 134 Å². The molecule has 0 saturated heterocycles. The summed E-state index contributed by atoms with van der Waals surface area (Å²) < 4.78 is 0. The SMILES string of the molecule is CN1Cc2cc(O)ccc2C(c2ccc([N+](=O)[O-])cc2)C1.Cl. The van der Waals surface area contributed by atoms with E-state index in [9.17, 15) is 15.2 Å². The number of phenols is 1. The smallest absolute Gasteiger partial charge is 0.269 e. The molecule has 6 heteroatoms. The molecule has 116 valence electrons. The Balaban J connectivity index is 0.00000176. The van der Waals surface area contributed by atoms with Gasteiger partial charge in [-0.2, -0.15) is 0 Å². The van der Waals surface area contributed by atoms with Crippen LogP contribution in [0.5, 0.6) is 5.75 Å². The third kappa shape index (κ3) is 3.05. The number of non-ortho nitro benzene ring substituents is 1. The number of hydrogen-bond donors (Lipinski definition) is 1. The molecule has 0 spiro atoms. The predicted octanol–water partition coefficient (Wildman–Crippen LogP) is 3.30. The second-order valence-electron chi connectivity index (χ2n) is 5.48. The number of rotatable bonds is 2. The summed E-state index contributed by atoms with van der Waals surface area (Å²) >= 11 is 0. The highest BCUT2D eigenvalue weighted by Crippen LogP contribution is 2.35. The number of phenolic OH excluding ortho intramolecular Hbond substituents is 1. The van der Waals surface area contributed by atoms with Crippen LogP contribution >= 0.6 is 12.4 Å². The van der Waals surface area contributed by atoms with Crippen molar-refractivity contribution < 1.29 is 10.0 Å². The molecule has 22 heavy (non-hydrogen) atoms. The Morgan fingerprint density at radius 3 is 2.55 bits per heavy atom. The van der Waals surface area contributed by atoms with E-state index in [2.05, 4.69) is 4.90 Å². The van der Waals surface area contributed by atoms with Crippen molar-refractivity contribution in [2.45, 2.75) is 12.5 Å². The number of fused-ring (bicyclic) bond motifs is 1. The molecule has 3 rings (SSSR count). The van der Waals surface area contributed by atoms with Gasteiger partial charge in [-0.15, -0.1) is 12.4 Å². The lowest BCUT2D eigenvalue weighted by molar-refractivity contribution is -0.384. The van der Waals surface area contributed by atoms with Crippen molar-refractivity contribution >= 4 is 18.1 Å². The largest absolute Gasteiger partial charge is 0.508 e. The van der Waals surface area contributed by atoms with E-state index < -0.39 is 0 Å². The van der Waals surface area contributed by atoms with Gasteiger partial charge in [-0.25, -0.2) is 0 Å². The zero-order chi connectivity index (χ0) is 15.0. The molecular formula is C16H17ClN2O3. The average Bonchev–Trinajstić information content (AvgIpc) is 2.46. The van der Waals surface area contributed by atoms with Crippen LogP contribution in [-0.4, -0.2) is 28.5 Å². The molecule has 2 aromatic rings. The van der Waals surface area contributed by atoms with E-state index in [0.717, 1.165) is 24.2 Å². The van der Waals surface area contributed by atoms with Crippen molar-refractivity contribution in [3.8, 4) is 5.75 Å². The number of halogens is 1. The number of aromatic hydroxyl groups is 1. The van der Waals surface area contributed by atoms with Crippen LogP contribution in [0.25, 0.3) is 0 Å². The van der Waals surface area contributed by atoms with Crippen molar-refractivity contribution in [2.75, 3.05) is 13.6 Å². The minimum Gasteiger partial charge on any atom is -0.508 e. The lowest BCUT2D eigenvalue weighted by atomic mass is 9.84. The van der Waals surface area contributed by atoms with E-state index in [4.69, 9.17) is 0 Å². The number of benzene rings is 2. The van der Waals surface area contributed by atoms with Gasteiger partial charge in [0.05, 0.1) is 4.92 Å². The zero-order valence-corrected chi connectivity index (χ0v) is 12.9. The molecule has 0 amide bonds. The molecule has 2 aromatic carbocycles. The highest BCUT2D eigenvalue weighted by atomic mass is 35.5. The maximum absolute atomic E-state index is 10.7.